The Labute approximate surface area is 148 Å². The molecular formula is C18H23ClN2O3. The molecule has 130 valence electrons. The van der Waals surface area contributed by atoms with Gasteiger partial charge in [0.2, 0.25) is 0 Å². The van der Waals surface area contributed by atoms with Gasteiger partial charge in [-0.2, -0.15) is 0 Å². The van der Waals surface area contributed by atoms with Crippen molar-refractivity contribution in [2.45, 2.75) is 13.0 Å². The molecular weight excluding hydrogens is 328 g/mol. The zero-order chi connectivity index (χ0) is 16.5. The summed E-state index contributed by atoms with van der Waals surface area (Å²) >= 11 is 0. The van der Waals surface area contributed by atoms with Crippen LogP contribution in [0.4, 0.5) is 5.69 Å². The van der Waals surface area contributed by atoms with Gasteiger partial charge in [-0.25, -0.2) is 0 Å². The Kier molecular flexibility index (Phi) is 8.86. The second kappa shape index (κ2) is 10.6. The first-order valence-electron chi connectivity index (χ1n) is 7.55. The molecule has 0 aliphatic heterocycles. The third-order valence-corrected chi connectivity index (χ3v) is 3.31. The molecule has 2 aromatic carbocycles. The van der Waals surface area contributed by atoms with Crippen molar-refractivity contribution in [2.24, 2.45) is 5.73 Å². The fraction of sp³-hybridized carbons (Fsp3) is 0.278. The Morgan fingerprint density at radius 2 is 1.88 bits per heavy atom. The van der Waals surface area contributed by atoms with Gasteiger partial charge in [-0.1, -0.05) is 18.2 Å². The van der Waals surface area contributed by atoms with Gasteiger partial charge in [0.25, 0.3) is 5.91 Å². The minimum atomic E-state index is -0.162. The number of nitrogens with two attached hydrogens (primary N) is 1. The van der Waals surface area contributed by atoms with E-state index in [4.69, 9.17) is 15.2 Å². The molecule has 6 heteroatoms. The lowest BCUT2D eigenvalue weighted by Crippen LogP contribution is -2.12. The molecule has 5 nitrogen and oxygen atoms in total. The van der Waals surface area contributed by atoms with Gasteiger partial charge in [0.15, 0.2) is 0 Å². The maximum absolute atomic E-state index is 12.2. The molecule has 0 bridgehead atoms. The molecule has 1 amide bonds. The van der Waals surface area contributed by atoms with Crippen LogP contribution in [0, 0.1) is 0 Å². The van der Waals surface area contributed by atoms with E-state index in [1.807, 2.05) is 30.3 Å². The van der Waals surface area contributed by atoms with Gasteiger partial charge in [0, 0.05) is 44.0 Å². The van der Waals surface area contributed by atoms with E-state index in [1.54, 1.807) is 25.3 Å². The molecule has 0 aromatic heterocycles. The first-order chi connectivity index (χ1) is 11.2. The lowest BCUT2D eigenvalue weighted by atomic mass is 10.1. The molecule has 0 atom stereocenters. The number of hydrogen-bond acceptors (Lipinski definition) is 4. The van der Waals surface area contributed by atoms with E-state index >= 15 is 0 Å². The number of anilines is 1. The van der Waals surface area contributed by atoms with Crippen LogP contribution in [0.25, 0.3) is 0 Å². The quantitative estimate of drug-likeness (QED) is 0.717. The third kappa shape index (κ3) is 6.20. The monoisotopic (exact) mass is 350 g/mol. The Morgan fingerprint density at radius 3 is 2.54 bits per heavy atom. The van der Waals surface area contributed by atoms with Crippen molar-refractivity contribution in [3.63, 3.8) is 0 Å². The van der Waals surface area contributed by atoms with E-state index in [2.05, 4.69) is 5.32 Å². The summed E-state index contributed by atoms with van der Waals surface area (Å²) in [5.74, 6) is 0.558. The van der Waals surface area contributed by atoms with Crippen LogP contribution < -0.4 is 15.8 Å². The fourth-order valence-corrected chi connectivity index (χ4v) is 2.05. The average molecular weight is 351 g/mol. The average Bonchev–Trinajstić information content (AvgIpc) is 2.59. The molecule has 2 aromatic rings. The molecule has 0 aliphatic rings. The van der Waals surface area contributed by atoms with E-state index in [-0.39, 0.29) is 18.3 Å². The van der Waals surface area contributed by atoms with E-state index in [0.717, 1.165) is 17.7 Å². The second-order valence-electron chi connectivity index (χ2n) is 5.08. The number of benzene rings is 2. The van der Waals surface area contributed by atoms with Gasteiger partial charge >= 0.3 is 0 Å². The van der Waals surface area contributed by atoms with Crippen LogP contribution in [0.3, 0.4) is 0 Å². The van der Waals surface area contributed by atoms with E-state index in [9.17, 15) is 4.79 Å². The zero-order valence-electron chi connectivity index (χ0n) is 13.7. The molecule has 0 heterocycles. The number of ether oxygens (including phenoxy) is 2. The van der Waals surface area contributed by atoms with Gasteiger partial charge in [-0.15, -0.1) is 12.4 Å². The largest absolute Gasteiger partial charge is 0.493 e. The molecule has 2 rings (SSSR count). The standard InChI is InChI=1S/C18H22N2O3.ClH/c1-22-10-3-11-23-17-5-2-4-16(12-17)20-18(21)15-8-6-14(13-19)7-9-15;/h2,4-9,12H,3,10-11,13,19H2,1H3,(H,20,21);1H. The number of carbonyl (C=O) groups is 1. The summed E-state index contributed by atoms with van der Waals surface area (Å²) in [4.78, 5) is 12.2. The van der Waals surface area contributed by atoms with E-state index in [1.165, 1.54) is 0 Å². The van der Waals surface area contributed by atoms with Crippen molar-refractivity contribution in [3.8, 4) is 5.75 Å². The van der Waals surface area contributed by atoms with Crippen molar-refractivity contribution in [3.05, 3.63) is 59.7 Å². The molecule has 0 radical (unpaired) electrons. The molecule has 0 unspecified atom stereocenters. The molecule has 24 heavy (non-hydrogen) atoms. The lowest BCUT2D eigenvalue weighted by molar-refractivity contribution is 0.102. The maximum atomic E-state index is 12.2. The Balaban J connectivity index is 0.00000288. The predicted molar refractivity (Wildman–Crippen MR) is 98.0 cm³/mol. The number of halogens is 1. The van der Waals surface area contributed by atoms with Crippen LogP contribution >= 0.6 is 12.4 Å². The number of carbonyl (C=O) groups excluding carboxylic acids is 1. The van der Waals surface area contributed by atoms with Crippen LogP contribution in [-0.2, 0) is 11.3 Å². The molecule has 3 N–H and O–H groups in total. The molecule has 0 aliphatic carbocycles. The number of methoxy groups -OCH3 is 1. The summed E-state index contributed by atoms with van der Waals surface area (Å²) in [5, 5.41) is 2.86. The second-order valence-corrected chi connectivity index (χ2v) is 5.08. The minimum Gasteiger partial charge on any atom is -0.493 e. The van der Waals surface area contributed by atoms with Crippen molar-refractivity contribution >= 4 is 24.0 Å². The highest BCUT2D eigenvalue weighted by Crippen LogP contribution is 2.18. The maximum Gasteiger partial charge on any atom is 0.255 e. The highest BCUT2D eigenvalue weighted by atomic mass is 35.5. The van der Waals surface area contributed by atoms with Gasteiger partial charge in [-0.05, 0) is 29.8 Å². The van der Waals surface area contributed by atoms with Crippen LogP contribution in [0.15, 0.2) is 48.5 Å². The van der Waals surface area contributed by atoms with Crippen molar-refractivity contribution in [1.82, 2.24) is 0 Å². The Bertz CT molecular complexity index is 632. The smallest absolute Gasteiger partial charge is 0.255 e. The zero-order valence-corrected chi connectivity index (χ0v) is 14.5. The SMILES string of the molecule is COCCCOc1cccc(NC(=O)c2ccc(CN)cc2)c1.Cl. The summed E-state index contributed by atoms with van der Waals surface area (Å²) < 4.78 is 10.6. The van der Waals surface area contributed by atoms with Crippen LogP contribution in [0.5, 0.6) is 5.75 Å². The van der Waals surface area contributed by atoms with Gasteiger partial charge in [0.05, 0.1) is 6.61 Å². The number of amides is 1. The molecule has 0 saturated heterocycles. The Hall–Kier alpha value is -2.08. The number of hydrogen-bond donors (Lipinski definition) is 2. The minimum absolute atomic E-state index is 0. The number of nitrogens with one attached hydrogen (secondary N) is 1. The molecule has 0 fully saturated rings. The van der Waals surface area contributed by atoms with Crippen molar-refractivity contribution in [1.29, 1.82) is 0 Å². The topological polar surface area (TPSA) is 73.6 Å². The highest BCUT2D eigenvalue weighted by molar-refractivity contribution is 6.04. The summed E-state index contributed by atoms with van der Waals surface area (Å²) in [6.07, 6.45) is 0.820. The number of rotatable bonds is 8. The van der Waals surface area contributed by atoms with Gasteiger partial charge in [-0.3, -0.25) is 4.79 Å². The fourth-order valence-electron chi connectivity index (χ4n) is 2.05. The summed E-state index contributed by atoms with van der Waals surface area (Å²) in [7, 11) is 1.66. The van der Waals surface area contributed by atoms with Gasteiger partial charge < -0.3 is 20.5 Å². The third-order valence-electron chi connectivity index (χ3n) is 3.31. The van der Waals surface area contributed by atoms with Crippen molar-refractivity contribution < 1.29 is 14.3 Å². The normalized spacial score (nSPS) is 9.92. The molecule has 0 saturated carbocycles. The van der Waals surface area contributed by atoms with Crippen molar-refractivity contribution in [2.75, 3.05) is 25.6 Å². The first kappa shape index (κ1) is 20.0. The predicted octanol–water partition coefficient (Wildman–Crippen LogP) is 3.23. The first-order valence-corrected chi connectivity index (χ1v) is 7.55. The lowest BCUT2D eigenvalue weighted by Gasteiger charge is -2.09. The van der Waals surface area contributed by atoms with Crippen LogP contribution in [0.2, 0.25) is 0 Å². The Morgan fingerprint density at radius 1 is 1.12 bits per heavy atom. The van der Waals surface area contributed by atoms with E-state index < -0.39 is 0 Å². The molecule has 0 spiro atoms. The van der Waals surface area contributed by atoms with Crippen LogP contribution in [-0.4, -0.2) is 26.2 Å². The van der Waals surface area contributed by atoms with Crippen LogP contribution in [0.1, 0.15) is 22.3 Å². The summed E-state index contributed by atoms with van der Waals surface area (Å²) in [5.41, 5.74) is 7.83. The highest BCUT2D eigenvalue weighted by Gasteiger charge is 2.06. The van der Waals surface area contributed by atoms with Gasteiger partial charge in [0.1, 0.15) is 5.75 Å². The van der Waals surface area contributed by atoms with E-state index in [0.29, 0.717) is 31.0 Å². The summed E-state index contributed by atoms with van der Waals surface area (Å²) in [6, 6.07) is 14.6. The summed E-state index contributed by atoms with van der Waals surface area (Å²) in [6.45, 7) is 1.70.